The van der Waals surface area contributed by atoms with Crippen LogP contribution in [0.25, 0.3) is 0 Å². The van der Waals surface area contributed by atoms with Crippen LogP contribution in [0.15, 0.2) is 12.2 Å². The lowest BCUT2D eigenvalue weighted by Crippen LogP contribution is -2.20. The largest absolute Gasteiger partial charge is 0.0882 e. The van der Waals surface area contributed by atoms with Crippen LogP contribution >= 0.6 is 0 Å². The molecule has 0 bridgehead atoms. The highest BCUT2D eigenvalue weighted by atomic mass is 14.3. The summed E-state index contributed by atoms with van der Waals surface area (Å²) in [7, 11) is 0. The summed E-state index contributed by atoms with van der Waals surface area (Å²) in [5.74, 6) is 0.849. The fourth-order valence-electron chi connectivity index (χ4n) is 2.11. The number of allylic oxidation sites excluding steroid dienone is 2. The van der Waals surface area contributed by atoms with Crippen LogP contribution in [0.2, 0.25) is 0 Å². The predicted octanol–water partition coefficient (Wildman–Crippen LogP) is 3.78. The summed E-state index contributed by atoms with van der Waals surface area (Å²) in [6, 6.07) is 0. The molecular weight excluding hydrogens is 132 g/mol. The van der Waals surface area contributed by atoms with Gasteiger partial charge in [-0.05, 0) is 30.6 Å². The fraction of sp³-hybridized carbons (Fsp3) is 0.818. The van der Waals surface area contributed by atoms with Gasteiger partial charge in [0.1, 0.15) is 0 Å². The van der Waals surface area contributed by atoms with Crippen LogP contribution in [-0.4, -0.2) is 0 Å². The minimum Gasteiger partial charge on any atom is -0.0882 e. The average molecular weight is 152 g/mol. The molecule has 64 valence electrons. The van der Waals surface area contributed by atoms with Crippen molar-refractivity contribution in [3.63, 3.8) is 0 Å². The Bertz CT molecular complexity index is 142. The van der Waals surface area contributed by atoms with Crippen molar-refractivity contribution in [2.75, 3.05) is 0 Å². The molecule has 0 spiro atoms. The van der Waals surface area contributed by atoms with Crippen molar-refractivity contribution in [3.8, 4) is 0 Å². The third-order valence-corrected chi connectivity index (χ3v) is 2.91. The molecule has 1 unspecified atom stereocenters. The molecule has 0 saturated carbocycles. The molecule has 0 aromatic carbocycles. The van der Waals surface area contributed by atoms with E-state index in [0.29, 0.717) is 5.41 Å². The van der Waals surface area contributed by atoms with Crippen LogP contribution in [0.4, 0.5) is 0 Å². The van der Waals surface area contributed by atoms with E-state index in [4.69, 9.17) is 0 Å². The Morgan fingerprint density at radius 1 is 1.45 bits per heavy atom. The van der Waals surface area contributed by atoms with Crippen LogP contribution in [0, 0.1) is 11.3 Å². The fourth-order valence-corrected chi connectivity index (χ4v) is 2.11. The molecule has 1 rings (SSSR count). The van der Waals surface area contributed by atoms with Gasteiger partial charge in [0.05, 0.1) is 0 Å². The maximum absolute atomic E-state index is 2.41. The van der Waals surface area contributed by atoms with Gasteiger partial charge in [-0.15, -0.1) is 0 Å². The molecule has 0 aromatic heterocycles. The smallest absolute Gasteiger partial charge is 0.0179 e. The topological polar surface area (TPSA) is 0 Å². The molecule has 0 radical (unpaired) electrons. The highest BCUT2D eigenvalue weighted by molar-refractivity contribution is 5.01. The molecule has 0 amide bonds. The average Bonchev–Trinajstić information content (AvgIpc) is 2.37. The van der Waals surface area contributed by atoms with Crippen LogP contribution in [-0.2, 0) is 0 Å². The highest BCUT2D eigenvalue weighted by Gasteiger charge is 2.27. The van der Waals surface area contributed by atoms with E-state index in [9.17, 15) is 0 Å². The van der Waals surface area contributed by atoms with Gasteiger partial charge in [0.15, 0.2) is 0 Å². The van der Waals surface area contributed by atoms with Crippen molar-refractivity contribution in [2.45, 2.75) is 46.5 Å². The summed E-state index contributed by atoms with van der Waals surface area (Å²) in [5, 5.41) is 0. The van der Waals surface area contributed by atoms with Gasteiger partial charge < -0.3 is 0 Å². The first kappa shape index (κ1) is 8.83. The maximum atomic E-state index is 2.41. The summed E-state index contributed by atoms with van der Waals surface area (Å²) in [6.07, 6.45) is 10.1. The van der Waals surface area contributed by atoms with Crippen LogP contribution < -0.4 is 0 Å². The molecule has 0 heterocycles. The van der Waals surface area contributed by atoms with Gasteiger partial charge >= 0.3 is 0 Å². The van der Waals surface area contributed by atoms with Crippen molar-refractivity contribution in [1.29, 1.82) is 0 Å². The van der Waals surface area contributed by atoms with Gasteiger partial charge in [0, 0.05) is 0 Å². The van der Waals surface area contributed by atoms with E-state index in [1.54, 1.807) is 0 Å². The molecule has 0 heteroatoms. The predicted molar refractivity (Wildman–Crippen MR) is 50.6 cm³/mol. The summed E-state index contributed by atoms with van der Waals surface area (Å²) >= 11 is 0. The zero-order valence-electron chi connectivity index (χ0n) is 8.06. The van der Waals surface area contributed by atoms with E-state index in [2.05, 4.69) is 32.9 Å². The Labute approximate surface area is 70.7 Å². The SMILES string of the molecule is CCCC(C)(C)C1C=CCC1. The molecular formula is C11H20. The number of hydrogen-bond acceptors (Lipinski definition) is 0. The zero-order chi connectivity index (χ0) is 8.32. The standard InChI is InChI=1S/C11H20/c1-4-9-11(2,3)10-7-5-6-8-10/h5,7,10H,4,6,8-9H2,1-3H3. The van der Waals surface area contributed by atoms with Gasteiger partial charge in [-0.1, -0.05) is 39.3 Å². The molecule has 0 aliphatic heterocycles. The number of rotatable bonds is 3. The van der Waals surface area contributed by atoms with Gasteiger partial charge in [-0.3, -0.25) is 0 Å². The second kappa shape index (κ2) is 3.42. The van der Waals surface area contributed by atoms with E-state index in [0.717, 1.165) is 5.92 Å². The highest BCUT2D eigenvalue weighted by Crippen LogP contribution is 2.38. The van der Waals surface area contributed by atoms with Crippen LogP contribution in [0.5, 0.6) is 0 Å². The monoisotopic (exact) mass is 152 g/mol. The lowest BCUT2D eigenvalue weighted by Gasteiger charge is -2.30. The summed E-state index contributed by atoms with van der Waals surface area (Å²) < 4.78 is 0. The van der Waals surface area contributed by atoms with Crippen molar-refractivity contribution in [2.24, 2.45) is 11.3 Å². The summed E-state index contributed by atoms with van der Waals surface area (Å²) in [5.41, 5.74) is 0.543. The Morgan fingerprint density at radius 2 is 2.18 bits per heavy atom. The molecule has 1 aliphatic rings. The quantitative estimate of drug-likeness (QED) is 0.540. The third kappa shape index (κ3) is 2.08. The molecule has 1 aliphatic carbocycles. The second-order valence-electron chi connectivity index (χ2n) is 4.35. The van der Waals surface area contributed by atoms with E-state index >= 15 is 0 Å². The normalized spacial score (nSPS) is 24.5. The molecule has 0 fully saturated rings. The third-order valence-electron chi connectivity index (χ3n) is 2.91. The Balaban J connectivity index is 2.48. The molecule has 0 saturated heterocycles. The minimum absolute atomic E-state index is 0.543. The van der Waals surface area contributed by atoms with Crippen molar-refractivity contribution in [1.82, 2.24) is 0 Å². The van der Waals surface area contributed by atoms with Gasteiger partial charge in [0.2, 0.25) is 0 Å². The van der Waals surface area contributed by atoms with Crippen LogP contribution in [0.3, 0.4) is 0 Å². The first-order valence-corrected chi connectivity index (χ1v) is 4.83. The summed E-state index contributed by atoms with van der Waals surface area (Å²) in [6.45, 7) is 7.08. The van der Waals surface area contributed by atoms with Gasteiger partial charge in [-0.25, -0.2) is 0 Å². The van der Waals surface area contributed by atoms with Crippen LogP contribution in [0.1, 0.15) is 46.5 Å². The summed E-state index contributed by atoms with van der Waals surface area (Å²) in [4.78, 5) is 0. The Kier molecular flexibility index (Phi) is 2.75. The van der Waals surface area contributed by atoms with E-state index in [-0.39, 0.29) is 0 Å². The molecule has 0 nitrogen and oxygen atoms in total. The van der Waals surface area contributed by atoms with Gasteiger partial charge in [0.25, 0.3) is 0 Å². The Hall–Kier alpha value is -0.260. The molecule has 1 atom stereocenters. The van der Waals surface area contributed by atoms with Crippen molar-refractivity contribution in [3.05, 3.63) is 12.2 Å². The number of hydrogen-bond donors (Lipinski definition) is 0. The minimum atomic E-state index is 0.543. The molecule has 11 heavy (non-hydrogen) atoms. The first-order valence-electron chi connectivity index (χ1n) is 4.83. The molecule has 0 aromatic rings. The van der Waals surface area contributed by atoms with Gasteiger partial charge in [-0.2, -0.15) is 0 Å². The zero-order valence-corrected chi connectivity index (χ0v) is 8.06. The maximum Gasteiger partial charge on any atom is -0.0179 e. The second-order valence-corrected chi connectivity index (χ2v) is 4.35. The Morgan fingerprint density at radius 3 is 2.64 bits per heavy atom. The van der Waals surface area contributed by atoms with Crippen molar-refractivity contribution >= 4 is 0 Å². The van der Waals surface area contributed by atoms with E-state index < -0.39 is 0 Å². The molecule has 0 N–H and O–H groups in total. The van der Waals surface area contributed by atoms with E-state index in [1.807, 2.05) is 0 Å². The first-order chi connectivity index (χ1) is 5.17. The lowest BCUT2D eigenvalue weighted by molar-refractivity contribution is 0.233. The lowest BCUT2D eigenvalue weighted by atomic mass is 9.75. The van der Waals surface area contributed by atoms with E-state index in [1.165, 1.54) is 25.7 Å². The van der Waals surface area contributed by atoms with Crippen molar-refractivity contribution < 1.29 is 0 Å².